The van der Waals surface area contributed by atoms with Crippen LogP contribution in [0.25, 0.3) is 0 Å². The van der Waals surface area contributed by atoms with Crippen LogP contribution in [0.15, 0.2) is 6.20 Å². The van der Waals surface area contributed by atoms with E-state index >= 15 is 0 Å². The first kappa shape index (κ1) is 11.1. The van der Waals surface area contributed by atoms with Gasteiger partial charge in [0, 0.05) is 12.6 Å². The van der Waals surface area contributed by atoms with Gasteiger partial charge in [0.1, 0.15) is 5.82 Å². The number of aromatic nitrogens is 2. The zero-order chi connectivity index (χ0) is 11.5. The van der Waals surface area contributed by atoms with Gasteiger partial charge in [-0.25, -0.2) is 9.97 Å². The van der Waals surface area contributed by atoms with Crippen molar-refractivity contribution in [1.82, 2.24) is 15.3 Å². The number of hydrogen-bond acceptors (Lipinski definition) is 4. The van der Waals surface area contributed by atoms with Crippen molar-refractivity contribution in [1.29, 1.82) is 0 Å². The summed E-state index contributed by atoms with van der Waals surface area (Å²) in [6.45, 7) is 3.74. The highest BCUT2D eigenvalue weighted by molar-refractivity contribution is 5.19. The van der Waals surface area contributed by atoms with Gasteiger partial charge in [-0.15, -0.1) is 0 Å². The summed E-state index contributed by atoms with van der Waals surface area (Å²) in [5.41, 5.74) is 2.37. The Bertz CT molecular complexity index is 388. The van der Waals surface area contributed by atoms with Crippen LogP contribution in [0.5, 0.6) is 0 Å². The molecule has 2 aliphatic heterocycles. The second-order valence-corrected chi connectivity index (χ2v) is 4.98. The summed E-state index contributed by atoms with van der Waals surface area (Å²) < 4.78 is 5.44. The Morgan fingerprint density at radius 1 is 1.47 bits per heavy atom. The molecule has 0 amide bonds. The minimum atomic E-state index is 0.660. The molecule has 3 heterocycles. The Hall–Kier alpha value is -1.00. The summed E-state index contributed by atoms with van der Waals surface area (Å²) in [6, 6.07) is 0. The van der Waals surface area contributed by atoms with Crippen molar-refractivity contribution >= 4 is 0 Å². The van der Waals surface area contributed by atoms with E-state index < -0.39 is 0 Å². The number of rotatable bonds is 2. The maximum Gasteiger partial charge on any atom is 0.128 e. The molecule has 1 N–H and O–H groups in total. The second kappa shape index (κ2) is 5.10. The zero-order valence-corrected chi connectivity index (χ0v) is 10.1. The lowest BCUT2D eigenvalue weighted by Gasteiger charge is -2.22. The smallest absolute Gasteiger partial charge is 0.128 e. The van der Waals surface area contributed by atoms with Crippen molar-refractivity contribution in [2.24, 2.45) is 5.92 Å². The maximum atomic E-state index is 5.44. The van der Waals surface area contributed by atoms with Crippen molar-refractivity contribution in [2.45, 2.75) is 32.3 Å². The summed E-state index contributed by atoms with van der Waals surface area (Å²) in [6.07, 6.45) is 6.53. The third kappa shape index (κ3) is 2.64. The van der Waals surface area contributed by atoms with Crippen molar-refractivity contribution in [3.05, 3.63) is 23.3 Å². The average Bonchev–Trinajstić information content (AvgIpc) is 2.40. The van der Waals surface area contributed by atoms with Gasteiger partial charge in [0.15, 0.2) is 0 Å². The van der Waals surface area contributed by atoms with Crippen molar-refractivity contribution in [3.63, 3.8) is 0 Å². The molecule has 2 aliphatic rings. The fraction of sp³-hybridized carbons (Fsp3) is 0.692. The van der Waals surface area contributed by atoms with Crippen molar-refractivity contribution in [3.8, 4) is 0 Å². The predicted octanol–water partition coefficient (Wildman–Crippen LogP) is 1.09. The number of nitrogens with one attached hydrogen (secondary N) is 1. The van der Waals surface area contributed by atoms with E-state index in [1.54, 1.807) is 0 Å². The number of nitrogens with zero attached hydrogens (tertiary/aromatic N) is 2. The highest BCUT2D eigenvalue weighted by atomic mass is 16.5. The van der Waals surface area contributed by atoms with E-state index in [1.165, 1.54) is 18.4 Å². The fourth-order valence-electron chi connectivity index (χ4n) is 2.62. The SMILES string of the molecule is c1nc(CC2CCCNC2)nc2c1CCOC2. The molecule has 1 unspecified atom stereocenters. The molecular weight excluding hydrogens is 214 g/mol. The molecule has 1 aromatic rings. The first-order valence-corrected chi connectivity index (χ1v) is 6.54. The fourth-order valence-corrected chi connectivity index (χ4v) is 2.62. The van der Waals surface area contributed by atoms with Crippen LogP contribution in [0.4, 0.5) is 0 Å². The molecule has 0 spiro atoms. The minimum Gasteiger partial charge on any atom is -0.375 e. The Morgan fingerprint density at radius 3 is 3.35 bits per heavy atom. The molecule has 1 aromatic heterocycles. The lowest BCUT2D eigenvalue weighted by Crippen LogP contribution is -2.31. The van der Waals surface area contributed by atoms with Gasteiger partial charge in [0.05, 0.1) is 18.9 Å². The number of fused-ring (bicyclic) bond motifs is 1. The topological polar surface area (TPSA) is 47.0 Å². The lowest BCUT2D eigenvalue weighted by molar-refractivity contribution is 0.107. The van der Waals surface area contributed by atoms with Gasteiger partial charge in [-0.3, -0.25) is 0 Å². The molecule has 4 heteroatoms. The third-order valence-corrected chi connectivity index (χ3v) is 3.63. The van der Waals surface area contributed by atoms with Crippen molar-refractivity contribution in [2.75, 3.05) is 19.7 Å². The van der Waals surface area contributed by atoms with Gasteiger partial charge >= 0.3 is 0 Å². The van der Waals surface area contributed by atoms with Gasteiger partial charge in [0.2, 0.25) is 0 Å². The van der Waals surface area contributed by atoms with Gasteiger partial charge in [-0.1, -0.05) is 0 Å². The Morgan fingerprint density at radius 2 is 2.47 bits per heavy atom. The molecule has 0 aromatic carbocycles. The molecule has 17 heavy (non-hydrogen) atoms. The summed E-state index contributed by atoms with van der Waals surface area (Å²) in [7, 11) is 0. The van der Waals surface area contributed by atoms with E-state index in [-0.39, 0.29) is 0 Å². The van der Waals surface area contributed by atoms with E-state index in [2.05, 4.69) is 15.3 Å². The van der Waals surface area contributed by atoms with Crippen LogP contribution in [0, 0.1) is 5.92 Å². The maximum absolute atomic E-state index is 5.44. The minimum absolute atomic E-state index is 0.660. The number of hydrogen-bond donors (Lipinski definition) is 1. The first-order chi connectivity index (χ1) is 8.42. The summed E-state index contributed by atoms with van der Waals surface area (Å²) in [4.78, 5) is 9.14. The first-order valence-electron chi connectivity index (χ1n) is 6.54. The molecule has 1 atom stereocenters. The van der Waals surface area contributed by atoms with Crippen LogP contribution in [-0.2, 0) is 24.2 Å². The average molecular weight is 233 g/mol. The van der Waals surface area contributed by atoms with Crippen LogP contribution in [0.2, 0.25) is 0 Å². The van der Waals surface area contributed by atoms with E-state index in [0.29, 0.717) is 12.5 Å². The lowest BCUT2D eigenvalue weighted by atomic mass is 9.96. The van der Waals surface area contributed by atoms with Gasteiger partial charge < -0.3 is 10.1 Å². The molecule has 0 saturated carbocycles. The van der Waals surface area contributed by atoms with Crippen LogP contribution in [0.1, 0.15) is 29.9 Å². The summed E-state index contributed by atoms with van der Waals surface area (Å²) in [5, 5.41) is 3.44. The van der Waals surface area contributed by atoms with Crippen LogP contribution < -0.4 is 5.32 Å². The number of piperidine rings is 1. The molecule has 92 valence electrons. The molecule has 0 bridgehead atoms. The molecule has 4 nitrogen and oxygen atoms in total. The zero-order valence-electron chi connectivity index (χ0n) is 10.1. The molecule has 1 saturated heterocycles. The highest BCUT2D eigenvalue weighted by Gasteiger charge is 2.17. The molecule has 0 radical (unpaired) electrons. The quantitative estimate of drug-likeness (QED) is 0.830. The van der Waals surface area contributed by atoms with Gasteiger partial charge in [-0.05, 0) is 43.8 Å². The second-order valence-electron chi connectivity index (χ2n) is 4.98. The monoisotopic (exact) mass is 233 g/mol. The Labute approximate surface area is 102 Å². The van der Waals surface area contributed by atoms with E-state index in [0.717, 1.165) is 44.1 Å². The molecule has 3 rings (SSSR count). The normalized spacial score (nSPS) is 24.4. The van der Waals surface area contributed by atoms with Crippen LogP contribution in [-0.4, -0.2) is 29.7 Å². The van der Waals surface area contributed by atoms with E-state index in [1.807, 2.05) is 6.20 Å². The summed E-state index contributed by atoms with van der Waals surface area (Å²) in [5.74, 6) is 1.69. The van der Waals surface area contributed by atoms with Crippen LogP contribution >= 0.6 is 0 Å². The molecule has 1 fully saturated rings. The van der Waals surface area contributed by atoms with Gasteiger partial charge in [-0.2, -0.15) is 0 Å². The Balaban J connectivity index is 1.70. The molecular formula is C13H19N3O. The van der Waals surface area contributed by atoms with Crippen molar-refractivity contribution < 1.29 is 4.74 Å². The van der Waals surface area contributed by atoms with E-state index in [4.69, 9.17) is 4.74 Å². The number of ether oxygens (including phenoxy) is 1. The van der Waals surface area contributed by atoms with Gasteiger partial charge in [0.25, 0.3) is 0 Å². The van der Waals surface area contributed by atoms with Crippen LogP contribution in [0.3, 0.4) is 0 Å². The largest absolute Gasteiger partial charge is 0.375 e. The predicted molar refractivity (Wildman–Crippen MR) is 64.7 cm³/mol. The third-order valence-electron chi connectivity index (χ3n) is 3.63. The highest BCUT2D eigenvalue weighted by Crippen LogP contribution is 2.17. The standard InChI is InChI=1S/C13H19N3O/c1-2-10(7-14-4-1)6-13-15-8-11-3-5-17-9-12(11)16-13/h8,10,14H,1-7,9H2. The Kier molecular flexibility index (Phi) is 3.34. The molecule has 0 aliphatic carbocycles. The van der Waals surface area contributed by atoms with E-state index in [9.17, 15) is 0 Å². The summed E-state index contributed by atoms with van der Waals surface area (Å²) >= 11 is 0.